The first-order valence-corrected chi connectivity index (χ1v) is 6.15. The highest BCUT2D eigenvalue weighted by Crippen LogP contribution is 2.19. The SMILES string of the molecule is CNCc1ccc(OCc2cc(C)nn2C)c(F)c1. The van der Waals surface area contributed by atoms with Crippen LogP contribution in [0.1, 0.15) is 17.0 Å². The summed E-state index contributed by atoms with van der Waals surface area (Å²) in [6, 6.07) is 6.92. The van der Waals surface area contributed by atoms with Gasteiger partial charge in [-0.05, 0) is 37.7 Å². The van der Waals surface area contributed by atoms with Crippen LogP contribution < -0.4 is 10.1 Å². The molecule has 0 atom stereocenters. The number of hydrogen-bond donors (Lipinski definition) is 1. The molecular weight excluding hydrogens is 245 g/mol. The molecule has 0 fully saturated rings. The number of rotatable bonds is 5. The van der Waals surface area contributed by atoms with Crippen LogP contribution in [0.4, 0.5) is 4.39 Å². The van der Waals surface area contributed by atoms with E-state index >= 15 is 0 Å². The van der Waals surface area contributed by atoms with Gasteiger partial charge in [0.25, 0.3) is 0 Å². The molecule has 0 amide bonds. The van der Waals surface area contributed by atoms with Gasteiger partial charge in [-0.25, -0.2) is 4.39 Å². The van der Waals surface area contributed by atoms with Crippen molar-refractivity contribution in [2.24, 2.45) is 7.05 Å². The standard InChI is InChI=1S/C14H18FN3O/c1-10-6-12(18(3)17-10)9-19-14-5-4-11(8-16-2)7-13(14)15/h4-7,16H,8-9H2,1-3H3. The van der Waals surface area contributed by atoms with Gasteiger partial charge in [0.2, 0.25) is 0 Å². The molecule has 0 bridgehead atoms. The van der Waals surface area contributed by atoms with E-state index in [9.17, 15) is 4.39 Å². The quantitative estimate of drug-likeness (QED) is 0.898. The van der Waals surface area contributed by atoms with E-state index in [2.05, 4.69) is 10.4 Å². The molecule has 5 heteroatoms. The van der Waals surface area contributed by atoms with Gasteiger partial charge in [-0.15, -0.1) is 0 Å². The highest BCUT2D eigenvalue weighted by atomic mass is 19.1. The van der Waals surface area contributed by atoms with Gasteiger partial charge in [-0.3, -0.25) is 4.68 Å². The fourth-order valence-corrected chi connectivity index (χ4v) is 1.93. The molecule has 0 unspecified atom stereocenters. The van der Waals surface area contributed by atoms with Gasteiger partial charge in [0.05, 0.1) is 11.4 Å². The Morgan fingerprint density at radius 3 is 2.74 bits per heavy atom. The first kappa shape index (κ1) is 13.5. The van der Waals surface area contributed by atoms with Gasteiger partial charge in [-0.1, -0.05) is 6.07 Å². The summed E-state index contributed by atoms with van der Waals surface area (Å²) in [5.74, 6) is -0.0784. The Labute approximate surface area is 112 Å². The third-order valence-corrected chi connectivity index (χ3v) is 2.85. The van der Waals surface area contributed by atoms with Gasteiger partial charge >= 0.3 is 0 Å². The molecule has 0 saturated carbocycles. The highest BCUT2D eigenvalue weighted by Gasteiger charge is 2.07. The van der Waals surface area contributed by atoms with Gasteiger partial charge in [0, 0.05) is 13.6 Å². The Morgan fingerprint density at radius 1 is 1.37 bits per heavy atom. The van der Waals surface area contributed by atoms with E-state index < -0.39 is 0 Å². The summed E-state index contributed by atoms with van der Waals surface area (Å²) in [5, 5.41) is 7.20. The summed E-state index contributed by atoms with van der Waals surface area (Å²) in [4.78, 5) is 0. The molecule has 0 aliphatic heterocycles. The van der Waals surface area contributed by atoms with Crippen LogP contribution >= 0.6 is 0 Å². The summed E-state index contributed by atoms with van der Waals surface area (Å²) in [5.41, 5.74) is 2.73. The van der Waals surface area contributed by atoms with Crippen LogP contribution in [0.5, 0.6) is 5.75 Å². The second-order valence-corrected chi connectivity index (χ2v) is 4.48. The lowest BCUT2D eigenvalue weighted by Crippen LogP contribution is -2.06. The van der Waals surface area contributed by atoms with Gasteiger partial charge in [-0.2, -0.15) is 5.10 Å². The van der Waals surface area contributed by atoms with E-state index in [1.165, 1.54) is 6.07 Å². The van der Waals surface area contributed by atoms with Crippen LogP contribution in [0.25, 0.3) is 0 Å². The number of aromatic nitrogens is 2. The second kappa shape index (κ2) is 5.84. The van der Waals surface area contributed by atoms with E-state index in [0.717, 1.165) is 17.0 Å². The van der Waals surface area contributed by atoms with Crippen molar-refractivity contribution < 1.29 is 9.13 Å². The molecule has 0 spiro atoms. The number of halogens is 1. The molecule has 1 aromatic heterocycles. The van der Waals surface area contributed by atoms with Crippen molar-refractivity contribution in [1.29, 1.82) is 0 Å². The maximum absolute atomic E-state index is 13.8. The predicted octanol–water partition coefficient (Wildman–Crippen LogP) is 2.17. The molecule has 1 aromatic carbocycles. The van der Waals surface area contributed by atoms with Gasteiger partial charge < -0.3 is 10.1 Å². The Morgan fingerprint density at radius 2 is 2.16 bits per heavy atom. The molecule has 2 aromatic rings. The molecule has 19 heavy (non-hydrogen) atoms. The molecule has 0 aliphatic rings. The molecule has 2 rings (SSSR count). The van der Waals surface area contributed by atoms with Crippen LogP contribution in [0, 0.1) is 12.7 Å². The third kappa shape index (κ3) is 3.32. The molecule has 1 N–H and O–H groups in total. The zero-order valence-corrected chi connectivity index (χ0v) is 11.4. The fourth-order valence-electron chi connectivity index (χ4n) is 1.93. The van der Waals surface area contributed by atoms with Crippen molar-refractivity contribution in [2.75, 3.05) is 7.05 Å². The van der Waals surface area contributed by atoms with Crippen molar-refractivity contribution in [2.45, 2.75) is 20.1 Å². The topological polar surface area (TPSA) is 39.1 Å². The molecule has 4 nitrogen and oxygen atoms in total. The van der Waals surface area contributed by atoms with Crippen LogP contribution in [0.15, 0.2) is 24.3 Å². The minimum absolute atomic E-state index is 0.263. The lowest BCUT2D eigenvalue weighted by Gasteiger charge is -2.08. The van der Waals surface area contributed by atoms with E-state index in [1.54, 1.807) is 10.7 Å². The Balaban J connectivity index is 2.05. The van der Waals surface area contributed by atoms with Crippen molar-refractivity contribution >= 4 is 0 Å². The maximum Gasteiger partial charge on any atom is 0.165 e. The van der Waals surface area contributed by atoms with Crippen molar-refractivity contribution in [3.05, 3.63) is 47.0 Å². The summed E-state index contributed by atoms with van der Waals surface area (Å²) in [6.07, 6.45) is 0. The highest BCUT2D eigenvalue weighted by molar-refractivity contribution is 5.29. The summed E-state index contributed by atoms with van der Waals surface area (Å²) in [7, 11) is 3.67. The predicted molar refractivity (Wildman–Crippen MR) is 71.4 cm³/mol. The fraction of sp³-hybridized carbons (Fsp3) is 0.357. The Bertz CT molecular complexity index is 566. The Hall–Kier alpha value is -1.88. The lowest BCUT2D eigenvalue weighted by atomic mass is 10.2. The lowest BCUT2D eigenvalue weighted by molar-refractivity contribution is 0.280. The van der Waals surface area contributed by atoms with E-state index in [1.807, 2.05) is 33.2 Å². The molecule has 102 valence electrons. The maximum atomic E-state index is 13.8. The largest absolute Gasteiger partial charge is 0.484 e. The van der Waals surface area contributed by atoms with Gasteiger partial charge in [0.1, 0.15) is 6.61 Å². The number of ether oxygens (including phenoxy) is 1. The zero-order valence-electron chi connectivity index (χ0n) is 11.4. The monoisotopic (exact) mass is 263 g/mol. The average Bonchev–Trinajstić information content (AvgIpc) is 2.67. The van der Waals surface area contributed by atoms with Crippen LogP contribution in [0.3, 0.4) is 0 Å². The molecular formula is C14H18FN3O. The van der Waals surface area contributed by atoms with E-state index in [4.69, 9.17) is 4.74 Å². The summed E-state index contributed by atoms with van der Waals surface area (Å²) in [6.45, 7) is 2.86. The number of benzene rings is 1. The number of nitrogens with one attached hydrogen (secondary N) is 1. The van der Waals surface area contributed by atoms with Crippen molar-refractivity contribution in [3.63, 3.8) is 0 Å². The third-order valence-electron chi connectivity index (χ3n) is 2.85. The molecule has 0 radical (unpaired) electrons. The van der Waals surface area contributed by atoms with Crippen LogP contribution in [-0.4, -0.2) is 16.8 Å². The van der Waals surface area contributed by atoms with E-state index in [0.29, 0.717) is 13.2 Å². The molecule has 1 heterocycles. The smallest absolute Gasteiger partial charge is 0.165 e. The van der Waals surface area contributed by atoms with Gasteiger partial charge in [0.15, 0.2) is 11.6 Å². The number of aryl methyl sites for hydroxylation is 2. The van der Waals surface area contributed by atoms with Crippen molar-refractivity contribution in [3.8, 4) is 5.75 Å². The average molecular weight is 263 g/mol. The minimum Gasteiger partial charge on any atom is -0.484 e. The summed E-state index contributed by atoms with van der Waals surface area (Å²) >= 11 is 0. The molecule has 0 aliphatic carbocycles. The first-order chi connectivity index (χ1) is 9.10. The van der Waals surface area contributed by atoms with Crippen LogP contribution in [-0.2, 0) is 20.2 Å². The van der Waals surface area contributed by atoms with Crippen LogP contribution in [0.2, 0.25) is 0 Å². The Kier molecular flexibility index (Phi) is 4.16. The second-order valence-electron chi connectivity index (χ2n) is 4.48. The van der Waals surface area contributed by atoms with E-state index in [-0.39, 0.29) is 11.6 Å². The summed E-state index contributed by atoms with van der Waals surface area (Å²) < 4.78 is 21.0. The first-order valence-electron chi connectivity index (χ1n) is 6.15. The minimum atomic E-state index is -0.341. The number of hydrogen-bond acceptors (Lipinski definition) is 3. The number of nitrogens with zero attached hydrogens (tertiary/aromatic N) is 2. The van der Waals surface area contributed by atoms with Crippen molar-refractivity contribution in [1.82, 2.24) is 15.1 Å². The zero-order chi connectivity index (χ0) is 13.8. The normalized spacial score (nSPS) is 10.7. The molecule has 0 saturated heterocycles.